The number of halogens is 2. The molecule has 2 atom stereocenters. The molecular weight excluding hydrogens is 453 g/mol. The minimum atomic E-state index is -2.69. The van der Waals surface area contributed by atoms with E-state index in [1.165, 1.54) is 13.0 Å². The van der Waals surface area contributed by atoms with Gasteiger partial charge in [0.1, 0.15) is 34.1 Å². The van der Waals surface area contributed by atoms with Crippen LogP contribution in [-0.2, 0) is 26.0 Å². The van der Waals surface area contributed by atoms with Crippen molar-refractivity contribution >= 4 is 32.6 Å². The van der Waals surface area contributed by atoms with Crippen molar-refractivity contribution in [3.8, 4) is 17.6 Å². The van der Waals surface area contributed by atoms with Crippen LogP contribution in [-0.4, -0.2) is 14.4 Å². The summed E-state index contributed by atoms with van der Waals surface area (Å²) in [5, 5.41) is 9.00. The van der Waals surface area contributed by atoms with Gasteiger partial charge in [-0.05, 0) is 23.8 Å². The monoisotopic (exact) mass is 467 g/mol. The maximum Gasteiger partial charge on any atom is 0.303 e. The number of hydrogen-bond donors (Lipinski definition) is 1. The Morgan fingerprint density at radius 2 is 2.07 bits per heavy atom. The van der Waals surface area contributed by atoms with Crippen molar-refractivity contribution in [2.45, 2.75) is 30.0 Å². The Balaban J connectivity index is 2.09. The fraction of sp³-hybridized carbons (Fsp3) is 0.263. The SMILES string of the molecule is CC(=O)O[C@@H]1C[C@@H](Br)c2c(Oc3cc(F)cc(C#N)c3)ccc(C[SH](=O)=O)c21. The summed E-state index contributed by atoms with van der Waals surface area (Å²) in [5.74, 6) is -0.791. The molecule has 0 fully saturated rings. The number of carbonyl (C=O) groups is 1. The molecule has 0 saturated heterocycles. The molecule has 0 aliphatic heterocycles. The van der Waals surface area contributed by atoms with E-state index in [1.54, 1.807) is 12.1 Å². The van der Waals surface area contributed by atoms with E-state index in [0.29, 0.717) is 28.9 Å². The van der Waals surface area contributed by atoms with Crippen molar-refractivity contribution in [3.05, 3.63) is 58.4 Å². The number of esters is 1. The maximum absolute atomic E-state index is 13.7. The summed E-state index contributed by atoms with van der Waals surface area (Å²) in [6.07, 6.45) is -0.211. The van der Waals surface area contributed by atoms with Crippen molar-refractivity contribution in [1.29, 1.82) is 5.26 Å². The first kappa shape index (κ1) is 20.3. The van der Waals surface area contributed by atoms with Gasteiger partial charge in [-0.2, -0.15) is 5.26 Å². The lowest BCUT2D eigenvalue weighted by atomic mass is 10.0. The summed E-state index contributed by atoms with van der Waals surface area (Å²) in [5.41, 5.74) is 1.84. The van der Waals surface area contributed by atoms with Crippen LogP contribution in [0.15, 0.2) is 30.3 Å². The summed E-state index contributed by atoms with van der Waals surface area (Å²) in [7, 11) is -2.69. The van der Waals surface area contributed by atoms with Crippen molar-refractivity contribution in [3.63, 3.8) is 0 Å². The number of alkyl halides is 1. The fourth-order valence-electron chi connectivity index (χ4n) is 3.28. The minimum Gasteiger partial charge on any atom is -0.458 e. The van der Waals surface area contributed by atoms with E-state index in [2.05, 4.69) is 15.9 Å². The molecule has 0 unspecified atom stereocenters. The smallest absolute Gasteiger partial charge is 0.303 e. The Labute approximate surface area is 171 Å². The number of nitriles is 1. The average Bonchev–Trinajstić information content (AvgIpc) is 2.92. The summed E-state index contributed by atoms with van der Waals surface area (Å²) in [4.78, 5) is 11.2. The second kappa shape index (κ2) is 8.29. The first-order valence-corrected chi connectivity index (χ1v) is 10.5. The predicted molar refractivity (Wildman–Crippen MR) is 102 cm³/mol. The quantitative estimate of drug-likeness (QED) is 0.405. The third kappa shape index (κ3) is 4.34. The molecule has 0 radical (unpaired) electrons. The third-order valence-corrected chi connectivity index (χ3v) is 5.66. The lowest BCUT2D eigenvalue weighted by molar-refractivity contribution is -0.146. The van der Waals surface area contributed by atoms with Crippen molar-refractivity contribution in [2.75, 3.05) is 0 Å². The minimum absolute atomic E-state index is 0.111. The summed E-state index contributed by atoms with van der Waals surface area (Å²) < 4.78 is 47.5. The number of fused-ring (bicyclic) bond motifs is 1. The Morgan fingerprint density at radius 1 is 1.32 bits per heavy atom. The highest BCUT2D eigenvalue weighted by Crippen LogP contribution is 2.52. The van der Waals surface area contributed by atoms with Gasteiger partial charge in [0.2, 0.25) is 0 Å². The molecule has 0 heterocycles. The van der Waals surface area contributed by atoms with Gasteiger partial charge < -0.3 is 9.47 Å². The first-order valence-electron chi connectivity index (χ1n) is 8.25. The molecule has 0 aromatic heterocycles. The van der Waals surface area contributed by atoms with Gasteiger partial charge in [0, 0.05) is 35.4 Å². The molecule has 2 aromatic rings. The number of nitrogens with zero attached hydrogens (tertiary/aromatic N) is 1. The lowest BCUT2D eigenvalue weighted by Gasteiger charge is -2.17. The van der Waals surface area contributed by atoms with Crippen LogP contribution in [0, 0.1) is 17.1 Å². The fourth-order valence-corrected chi connectivity index (χ4v) is 4.64. The van der Waals surface area contributed by atoms with Crippen LogP contribution >= 0.6 is 15.9 Å². The standard InChI is InChI=1S/C19H15BrFNO5S/c1-10(23)26-17-7-15(20)19-16(3-2-12(18(17)19)9-28(24)25)27-14-5-11(8-22)4-13(21)6-14/h2-6,15,17,28H,7,9H2,1H3/t15-,17-/m1/s1. The van der Waals surface area contributed by atoms with Crippen molar-refractivity contribution in [1.82, 2.24) is 0 Å². The van der Waals surface area contributed by atoms with Crippen LogP contribution in [0.4, 0.5) is 4.39 Å². The molecule has 1 aliphatic carbocycles. The number of ether oxygens (including phenoxy) is 2. The van der Waals surface area contributed by atoms with E-state index >= 15 is 0 Å². The summed E-state index contributed by atoms with van der Waals surface area (Å²) in [6.45, 7) is 1.28. The van der Waals surface area contributed by atoms with E-state index < -0.39 is 28.6 Å². The molecule has 0 amide bonds. The molecule has 28 heavy (non-hydrogen) atoms. The number of rotatable bonds is 5. The third-order valence-electron chi connectivity index (χ3n) is 4.23. The van der Waals surface area contributed by atoms with Crippen LogP contribution < -0.4 is 4.74 Å². The zero-order valence-electron chi connectivity index (χ0n) is 14.6. The van der Waals surface area contributed by atoms with Crippen molar-refractivity contribution in [2.24, 2.45) is 0 Å². The predicted octanol–water partition coefficient (Wildman–Crippen LogP) is 4.04. The second-order valence-corrected chi connectivity index (χ2v) is 8.32. The molecule has 0 N–H and O–H groups in total. The molecule has 0 saturated carbocycles. The largest absolute Gasteiger partial charge is 0.458 e. The van der Waals surface area contributed by atoms with Gasteiger partial charge in [-0.25, -0.2) is 12.8 Å². The summed E-state index contributed by atoms with van der Waals surface area (Å²) >= 11 is 3.53. The molecule has 6 nitrogen and oxygen atoms in total. The molecule has 1 aliphatic rings. The zero-order chi connectivity index (χ0) is 20.4. The van der Waals surface area contributed by atoms with Crippen molar-refractivity contribution < 1.29 is 27.1 Å². The highest BCUT2D eigenvalue weighted by atomic mass is 79.9. The first-order chi connectivity index (χ1) is 13.3. The van der Waals surface area contributed by atoms with Crippen LogP contribution in [0.1, 0.15) is 46.5 Å². The van der Waals surface area contributed by atoms with Gasteiger partial charge in [-0.15, -0.1) is 0 Å². The molecule has 3 rings (SSSR count). The molecule has 2 aromatic carbocycles. The Hall–Kier alpha value is -2.44. The Bertz CT molecular complexity index is 1060. The Kier molecular flexibility index (Phi) is 6.01. The van der Waals surface area contributed by atoms with Gasteiger partial charge in [0.05, 0.1) is 17.4 Å². The van der Waals surface area contributed by atoms with Crippen LogP contribution in [0.25, 0.3) is 0 Å². The highest BCUT2D eigenvalue weighted by molar-refractivity contribution is 9.09. The number of carbonyl (C=O) groups excluding carboxylic acids is 1. The van der Waals surface area contributed by atoms with E-state index in [0.717, 1.165) is 12.1 Å². The Morgan fingerprint density at radius 3 is 2.71 bits per heavy atom. The van der Waals surface area contributed by atoms with Crippen LogP contribution in [0.2, 0.25) is 0 Å². The van der Waals surface area contributed by atoms with Gasteiger partial charge in [-0.3, -0.25) is 4.79 Å². The molecule has 9 heteroatoms. The topological polar surface area (TPSA) is 93.5 Å². The van der Waals surface area contributed by atoms with Gasteiger partial charge >= 0.3 is 5.97 Å². The van der Waals surface area contributed by atoms with E-state index in [4.69, 9.17) is 14.7 Å². The van der Waals surface area contributed by atoms with E-state index in [-0.39, 0.29) is 21.9 Å². The second-order valence-electron chi connectivity index (χ2n) is 6.23. The maximum atomic E-state index is 13.7. The average molecular weight is 468 g/mol. The van der Waals surface area contributed by atoms with E-state index in [1.807, 2.05) is 6.07 Å². The number of hydrogen-bond acceptors (Lipinski definition) is 6. The summed E-state index contributed by atoms with van der Waals surface area (Å²) in [6, 6.07) is 8.69. The van der Waals surface area contributed by atoms with Crippen LogP contribution in [0.3, 0.4) is 0 Å². The van der Waals surface area contributed by atoms with Crippen LogP contribution in [0.5, 0.6) is 11.5 Å². The van der Waals surface area contributed by atoms with Gasteiger partial charge in [-0.1, -0.05) is 22.0 Å². The highest BCUT2D eigenvalue weighted by Gasteiger charge is 2.36. The molecule has 0 bridgehead atoms. The van der Waals surface area contributed by atoms with Gasteiger partial charge in [0.15, 0.2) is 0 Å². The number of benzene rings is 2. The zero-order valence-corrected chi connectivity index (χ0v) is 17.1. The molecule has 146 valence electrons. The van der Waals surface area contributed by atoms with Gasteiger partial charge in [0.25, 0.3) is 0 Å². The molecule has 0 spiro atoms. The normalized spacial score (nSPS) is 17.8. The molecular formula is C19H15BrFNO5S. The lowest BCUT2D eigenvalue weighted by Crippen LogP contribution is -2.08. The van der Waals surface area contributed by atoms with E-state index in [9.17, 15) is 17.6 Å². The number of thiol groups is 1.